The highest BCUT2D eigenvalue weighted by Crippen LogP contribution is 2.63. The molecular formula is C27H30F2N2O3S. The van der Waals surface area contributed by atoms with Gasteiger partial charge < -0.3 is 0 Å². The summed E-state index contributed by atoms with van der Waals surface area (Å²) in [7, 11) is -3.59. The third kappa shape index (κ3) is 4.47. The summed E-state index contributed by atoms with van der Waals surface area (Å²) in [6.45, 7) is 2.11. The molecule has 1 aromatic carbocycles. The summed E-state index contributed by atoms with van der Waals surface area (Å²) < 4.78 is 52.1. The normalized spacial score (nSPS) is 29.7. The maximum Gasteiger partial charge on any atom is 0.209 e. The van der Waals surface area contributed by atoms with Gasteiger partial charge in [0.1, 0.15) is 12.0 Å². The van der Waals surface area contributed by atoms with Crippen LogP contribution in [-0.4, -0.2) is 31.1 Å². The van der Waals surface area contributed by atoms with Gasteiger partial charge in [-0.25, -0.2) is 22.3 Å². The van der Waals surface area contributed by atoms with Gasteiger partial charge in [0.25, 0.3) is 0 Å². The molecule has 35 heavy (non-hydrogen) atoms. The van der Waals surface area contributed by atoms with Crippen molar-refractivity contribution in [3.05, 3.63) is 70.8 Å². The molecule has 8 heteroatoms. The average molecular weight is 501 g/mol. The smallest absolute Gasteiger partial charge is 0.209 e. The number of sulfonamides is 1. The zero-order valence-corrected chi connectivity index (χ0v) is 20.5. The number of pyridine rings is 1. The minimum absolute atomic E-state index is 0.108. The second kappa shape index (κ2) is 8.89. The minimum Gasteiger partial charge on any atom is -0.294 e. The van der Waals surface area contributed by atoms with E-state index in [9.17, 15) is 17.6 Å². The highest BCUT2D eigenvalue weighted by molar-refractivity contribution is 7.89. The number of benzene rings is 1. The van der Waals surface area contributed by atoms with Gasteiger partial charge in [0.2, 0.25) is 10.0 Å². The molecule has 186 valence electrons. The Labute approximate surface area is 204 Å². The summed E-state index contributed by atoms with van der Waals surface area (Å²) in [6, 6.07) is 7.00. The highest BCUT2D eigenvalue weighted by Gasteiger charge is 2.55. The number of hydrogen-bond acceptors (Lipinski definition) is 4. The average Bonchev–Trinajstić information content (AvgIpc) is 3.14. The summed E-state index contributed by atoms with van der Waals surface area (Å²) in [5.74, 6) is -0.517. The first-order valence-electron chi connectivity index (χ1n) is 12.2. The van der Waals surface area contributed by atoms with E-state index in [1.807, 2.05) is 12.1 Å². The molecule has 2 N–H and O–H groups in total. The molecule has 3 aliphatic rings. The van der Waals surface area contributed by atoms with Crippen molar-refractivity contribution >= 4 is 21.4 Å². The largest absolute Gasteiger partial charge is 0.294 e. The molecule has 0 radical (unpaired) electrons. The standard InChI is InChI=1S/C27H30F2N2O3S/c1-27-13-24(29)26-20-6-5-17(25(32)3-2-10-35(30,33)34)11-16(20)4-7-21(26)23(27)9-8-22(27)18-12-19(28)15-31-14-18/h5-6,8,11-12,14-15,21,23-24,26H,2-4,7,9-10,13H2,1H3,(H2,30,33,34)/t21-,23-,24-,26+,27+/m0/s1. The molecule has 0 unspecified atom stereocenters. The fraction of sp³-hybridized carbons (Fsp3) is 0.481. The maximum atomic E-state index is 15.9. The van der Waals surface area contributed by atoms with Gasteiger partial charge in [0, 0.05) is 24.1 Å². The fourth-order valence-electron chi connectivity index (χ4n) is 6.93. The summed E-state index contributed by atoms with van der Waals surface area (Å²) in [6.07, 6.45) is 7.06. The number of allylic oxidation sites excluding steroid dienone is 2. The molecule has 1 saturated carbocycles. The zero-order chi connectivity index (χ0) is 25.0. The first-order valence-corrected chi connectivity index (χ1v) is 13.9. The molecule has 0 spiro atoms. The van der Waals surface area contributed by atoms with Crippen molar-refractivity contribution in [2.45, 2.75) is 57.5 Å². The lowest BCUT2D eigenvalue weighted by molar-refractivity contribution is 0.0237. The van der Waals surface area contributed by atoms with Crippen molar-refractivity contribution in [3.8, 4) is 0 Å². The quantitative estimate of drug-likeness (QED) is 0.567. The first kappa shape index (κ1) is 24.3. The monoisotopic (exact) mass is 500 g/mol. The molecule has 3 aliphatic carbocycles. The summed E-state index contributed by atoms with van der Waals surface area (Å²) in [5.41, 5.74) is 3.90. The van der Waals surface area contributed by atoms with E-state index in [2.05, 4.69) is 18.0 Å². The number of nitrogens with two attached hydrogens (primary N) is 1. The van der Waals surface area contributed by atoms with Crippen LogP contribution in [0.4, 0.5) is 8.78 Å². The first-order chi connectivity index (χ1) is 16.6. The van der Waals surface area contributed by atoms with Crippen LogP contribution >= 0.6 is 0 Å². The number of rotatable bonds is 6. The number of halogens is 2. The van der Waals surface area contributed by atoms with Crippen molar-refractivity contribution in [2.24, 2.45) is 22.4 Å². The molecule has 0 saturated heterocycles. The zero-order valence-electron chi connectivity index (χ0n) is 19.7. The third-order valence-electron chi connectivity index (χ3n) is 8.42. The molecule has 0 amide bonds. The predicted octanol–water partition coefficient (Wildman–Crippen LogP) is 4.97. The van der Waals surface area contributed by atoms with Gasteiger partial charge in [-0.2, -0.15) is 0 Å². The molecule has 5 rings (SSSR count). The molecule has 1 fully saturated rings. The van der Waals surface area contributed by atoms with Gasteiger partial charge in [-0.3, -0.25) is 9.78 Å². The van der Waals surface area contributed by atoms with E-state index < -0.39 is 16.2 Å². The van der Waals surface area contributed by atoms with Crippen LogP contribution < -0.4 is 5.14 Å². The van der Waals surface area contributed by atoms with Crippen molar-refractivity contribution < 1.29 is 22.0 Å². The van der Waals surface area contributed by atoms with E-state index in [0.29, 0.717) is 12.0 Å². The molecule has 5 atom stereocenters. The number of aryl methyl sites for hydroxylation is 1. The lowest BCUT2D eigenvalue weighted by atomic mass is 9.53. The predicted molar refractivity (Wildman–Crippen MR) is 130 cm³/mol. The molecule has 0 aliphatic heterocycles. The Morgan fingerprint density at radius 3 is 2.80 bits per heavy atom. The summed E-state index contributed by atoms with van der Waals surface area (Å²) in [5, 5.41) is 5.02. The van der Waals surface area contributed by atoms with E-state index in [-0.39, 0.29) is 53.4 Å². The molecule has 2 aromatic rings. The second-order valence-corrected chi connectivity index (χ2v) is 12.3. The molecular weight excluding hydrogens is 470 g/mol. The maximum absolute atomic E-state index is 15.9. The van der Waals surface area contributed by atoms with Crippen molar-refractivity contribution in [3.63, 3.8) is 0 Å². The van der Waals surface area contributed by atoms with Crippen molar-refractivity contribution in [2.75, 3.05) is 5.75 Å². The van der Waals surface area contributed by atoms with E-state index in [1.54, 1.807) is 12.3 Å². The second-order valence-electron chi connectivity index (χ2n) is 10.5. The Hall–Kier alpha value is -2.45. The Morgan fingerprint density at radius 1 is 1.26 bits per heavy atom. The van der Waals surface area contributed by atoms with Gasteiger partial charge in [-0.05, 0) is 83.8 Å². The Balaban J connectivity index is 1.37. The number of Topliss-reactive ketones (excluding diaryl/α,β-unsaturated/α-hetero) is 1. The SMILES string of the molecule is C[C@]12C[C@H](F)[C@@H]3c4ccc(C(=O)CCCS(N)(=O)=O)cc4CC[C@H]3[C@@H]1CC=C2c1cncc(F)c1. The van der Waals surface area contributed by atoms with E-state index >= 15 is 4.39 Å². The number of primary sulfonamides is 1. The van der Waals surface area contributed by atoms with Crippen molar-refractivity contribution in [1.29, 1.82) is 0 Å². The number of alkyl halides is 1. The number of hydrogen-bond donors (Lipinski definition) is 1. The summed E-state index contributed by atoms with van der Waals surface area (Å²) in [4.78, 5) is 16.6. The van der Waals surface area contributed by atoms with Crippen LogP contribution in [0.1, 0.15) is 72.0 Å². The Morgan fingerprint density at radius 2 is 2.06 bits per heavy atom. The Kier molecular flexibility index (Phi) is 6.16. The molecule has 1 heterocycles. The lowest BCUT2D eigenvalue weighted by Gasteiger charge is -2.51. The van der Waals surface area contributed by atoms with Crippen LogP contribution in [0.3, 0.4) is 0 Å². The number of carbonyl (C=O) groups excluding carboxylic acids is 1. The van der Waals surface area contributed by atoms with Gasteiger partial charge in [-0.15, -0.1) is 0 Å². The van der Waals surface area contributed by atoms with Crippen LogP contribution in [0.5, 0.6) is 0 Å². The van der Waals surface area contributed by atoms with Crippen LogP contribution in [0.15, 0.2) is 42.7 Å². The van der Waals surface area contributed by atoms with Gasteiger partial charge in [0.05, 0.1) is 11.9 Å². The van der Waals surface area contributed by atoms with Crippen LogP contribution in [0.2, 0.25) is 0 Å². The number of aromatic nitrogens is 1. The van der Waals surface area contributed by atoms with Gasteiger partial charge in [0.15, 0.2) is 5.78 Å². The topological polar surface area (TPSA) is 90.1 Å². The number of ketones is 1. The van der Waals surface area contributed by atoms with E-state index in [4.69, 9.17) is 5.14 Å². The van der Waals surface area contributed by atoms with E-state index in [1.165, 1.54) is 12.3 Å². The summed E-state index contributed by atoms with van der Waals surface area (Å²) >= 11 is 0. The Bertz CT molecular complexity index is 1310. The van der Waals surface area contributed by atoms with E-state index in [0.717, 1.165) is 41.5 Å². The minimum atomic E-state index is -3.59. The number of fused-ring (bicyclic) bond motifs is 5. The molecule has 1 aromatic heterocycles. The van der Waals surface area contributed by atoms with Crippen LogP contribution in [-0.2, 0) is 16.4 Å². The number of nitrogens with zero attached hydrogens (tertiary/aromatic N) is 1. The van der Waals surface area contributed by atoms with Gasteiger partial charge in [-0.1, -0.05) is 25.1 Å². The van der Waals surface area contributed by atoms with Crippen molar-refractivity contribution in [1.82, 2.24) is 4.98 Å². The lowest BCUT2D eigenvalue weighted by Crippen LogP contribution is -2.46. The van der Waals surface area contributed by atoms with Crippen LogP contribution in [0.25, 0.3) is 5.57 Å². The molecule has 5 nitrogen and oxygen atoms in total. The highest BCUT2D eigenvalue weighted by atomic mass is 32.2. The number of carbonyl (C=O) groups is 1. The fourth-order valence-corrected chi connectivity index (χ4v) is 7.48. The third-order valence-corrected chi connectivity index (χ3v) is 9.27. The molecule has 0 bridgehead atoms. The van der Waals surface area contributed by atoms with Crippen LogP contribution in [0, 0.1) is 23.1 Å². The van der Waals surface area contributed by atoms with Gasteiger partial charge >= 0.3 is 0 Å².